The number of carboxylic acid groups (broad SMARTS) is 1. The van der Waals surface area contributed by atoms with E-state index in [1.54, 1.807) is 32.2 Å². The molecule has 1 amide bonds. The van der Waals surface area contributed by atoms with Gasteiger partial charge >= 0.3 is 5.97 Å². The summed E-state index contributed by atoms with van der Waals surface area (Å²) in [5.74, 6) is -0.825. The fourth-order valence-corrected chi connectivity index (χ4v) is 1.77. The molecule has 0 fully saturated rings. The molecule has 0 heterocycles. The van der Waals surface area contributed by atoms with Crippen LogP contribution in [0.1, 0.15) is 25.8 Å². The Morgan fingerprint density at radius 1 is 1.33 bits per heavy atom. The summed E-state index contributed by atoms with van der Waals surface area (Å²) in [5.41, 5.74) is 0.835. The monoisotopic (exact) mass is 291 g/mol. The van der Waals surface area contributed by atoms with Gasteiger partial charge in [-0.25, -0.2) is 4.79 Å². The van der Waals surface area contributed by atoms with E-state index in [2.05, 4.69) is 5.32 Å². The Hall–Kier alpha value is -2.30. The van der Waals surface area contributed by atoms with E-state index in [9.17, 15) is 9.59 Å². The van der Waals surface area contributed by atoms with Crippen molar-refractivity contribution in [1.82, 2.24) is 5.32 Å². The molecule has 114 valence electrons. The Kier molecular flexibility index (Phi) is 6.46. The van der Waals surface area contributed by atoms with Crippen molar-refractivity contribution in [2.24, 2.45) is 5.92 Å². The molecule has 0 radical (unpaired) electrons. The van der Waals surface area contributed by atoms with E-state index in [1.165, 1.54) is 6.08 Å². The van der Waals surface area contributed by atoms with Crippen molar-refractivity contribution in [1.29, 1.82) is 0 Å². The molecular formula is C16H21NO4. The fourth-order valence-electron chi connectivity index (χ4n) is 1.77. The molecule has 0 spiro atoms. The van der Waals surface area contributed by atoms with Gasteiger partial charge in [-0.2, -0.15) is 0 Å². The van der Waals surface area contributed by atoms with E-state index in [0.717, 1.165) is 11.3 Å². The van der Waals surface area contributed by atoms with E-state index in [0.29, 0.717) is 6.42 Å². The first kappa shape index (κ1) is 16.8. The predicted molar refractivity (Wildman–Crippen MR) is 81.0 cm³/mol. The van der Waals surface area contributed by atoms with Crippen molar-refractivity contribution in [3.63, 3.8) is 0 Å². The summed E-state index contributed by atoms with van der Waals surface area (Å²) in [6.07, 6.45) is 3.64. The molecule has 0 saturated carbocycles. The Morgan fingerprint density at radius 2 is 1.95 bits per heavy atom. The number of amides is 1. The lowest BCUT2D eigenvalue weighted by Gasteiger charge is -2.19. The Bertz CT molecular complexity index is 508. The predicted octanol–water partition coefficient (Wildman–Crippen LogP) is 2.32. The topological polar surface area (TPSA) is 75.6 Å². The SMILES string of the molecule is CCC(C)[C@H](NC(=O)C=Cc1ccc(OC)cc1)C(=O)O. The summed E-state index contributed by atoms with van der Waals surface area (Å²) in [4.78, 5) is 22.9. The zero-order valence-electron chi connectivity index (χ0n) is 12.5. The van der Waals surface area contributed by atoms with Crippen molar-refractivity contribution < 1.29 is 19.4 Å². The number of aliphatic carboxylic acids is 1. The van der Waals surface area contributed by atoms with Crippen LogP contribution in [0.5, 0.6) is 5.75 Å². The van der Waals surface area contributed by atoms with Gasteiger partial charge in [-0.15, -0.1) is 0 Å². The number of carbonyl (C=O) groups is 2. The van der Waals surface area contributed by atoms with Crippen LogP contribution in [0, 0.1) is 5.92 Å². The van der Waals surface area contributed by atoms with Crippen molar-refractivity contribution in [3.05, 3.63) is 35.9 Å². The van der Waals surface area contributed by atoms with E-state index in [1.807, 2.05) is 19.1 Å². The van der Waals surface area contributed by atoms with Crippen LogP contribution in [0.4, 0.5) is 0 Å². The van der Waals surface area contributed by atoms with Crippen LogP contribution >= 0.6 is 0 Å². The number of benzene rings is 1. The number of ether oxygens (including phenoxy) is 1. The van der Waals surface area contributed by atoms with Gasteiger partial charge in [0, 0.05) is 6.08 Å². The van der Waals surface area contributed by atoms with Crippen LogP contribution < -0.4 is 10.1 Å². The summed E-state index contributed by atoms with van der Waals surface area (Å²) in [7, 11) is 1.58. The standard InChI is InChI=1S/C16H21NO4/c1-4-11(2)15(16(19)20)17-14(18)10-7-12-5-8-13(21-3)9-6-12/h5-11,15H,4H2,1-3H3,(H,17,18)(H,19,20)/t11?,15-/m0/s1. The summed E-state index contributed by atoms with van der Waals surface area (Å²) < 4.78 is 5.04. The third-order valence-corrected chi connectivity index (χ3v) is 3.32. The normalized spacial score (nSPS) is 13.7. The maximum absolute atomic E-state index is 11.8. The zero-order valence-corrected chi connectivity index (χ0v) is 12.5. The van der Waals surface area contributed by atoms with Crippen molar-refractivity contribution in [3.8, 4) is 5.75 Å². The largest absolute Gasteiger partial charge is 0.497 e. The molecule has 0 aliphatic heterocycles. The van der Waals surface area contributed by atoms with Gasteiger partial charge in [-0.3, -0.25) is 4.79 Å². The number of hydrogen-bond donors (Lipinski definition) is 2. The number of methoxy groups -OCH3 is 1. The molecule has 2 N–H and O–H groups in total. The molecule has 0 bridgehead atoms. The van der Waals surface area contributed by atoms with Gasteiger partial charge in [0.15, 0.2) is 0 Å². The van der Waals surface area contributed by atoms with Crippen LogP contribution in [0.25, 0.3) is 6.08 Å². The Balaban J connectivity index is 2.66. The average Bonchev–Trinajstić information content (AvgIpc) is 2.50. The molecule has 2 atom stereocenters. The van der Waals surface area contributed by atoms with Crippen molar-refractivity contribution in [2.45, 2.75) is 26.3 Å². The van der Waals surface area contributed by atoms with Gasteiger partial charge < -0.3 is 15.2 Å². The molecule has 5 heteroatoms. The van der Waals surface area contributed by atoms with Crippen LogP contribution in [-0.2, 0) is 9.59 Å². The van der Waals surface area contributed by atoms with Crippen molar-refractivity contribution in [2.75, 3.05) is 7.11 Å². The van der Waals surface area contributed by atoms with Crippen LogP contribution in [0.3, 0.4) is 0 Å². The molecule has 0 aliphatic carbocycles. The smallest absolute Gasteiger partial charge is 0.326 e. The second kappa shape index (κ2) is 8.09. The highest BCUT2D eigenvalue weighted by Gasteiger charge is 2.24. The molecule has 1 aromatic rings. The molecule has 1 unspecified atom stereocenters. The van der Waals surface area contributed by atoms with Crippen LogP contribution in [0.2, 0.25) is 0 Å². The maximum Gasteiger partial charge on any atom is 0.326 e. The van der Waals surface area contributed by atoms with Gasteiger partial charge in [0.1, 0.15) is 11.8 Å². The quantitative estimate of drug-likeness (QED) is 0.756. The van der Waals surface area contributed by atoms with Gasteiger partial charge in [0.2, 0.25) is 5.91 Å². The fraction of sp³-hybridized carbons (Fsp3) is 0.375. The average molecular weight is 291 g/mol. The molecule has 5 nitrogen and oxygen atoms in total. The minimum atomic E-state index is -1.02. The molecule has 0 aromatic heterocycles. The Morgan fingerprint density at radius 3 is 2.43 bits per heavy atom. The van der Waals surface area contributed by atoms with Gasteiger partial charge in [-0.05, 0) is 29.7 Å². The first-order valence-electron chi connectivity index (χ1n) is 6.83. The highest BCUT2D eigenvalue weighted by atomic mass is 16.5. The van der Waals surface area contributed by atoms with Crippen LogP contribution in [0.15, 0.2) is 30.3 Å². The molecule has 21 heavy (non-hydrogen) atoms. The lowest BCUT2D eigenvalue weighted by Crippen LogP contribution is -2.44. The van der Waals surface area contributed by atoms with E-state index < -0.39 is 17.9 Å². The highest BCUT2D eigenvalue weighted by Crippen LogP contribution is 2.12. The molecule has 0 saturated heterocycles. The second-order valence-corrected chi connectivity index (χ2v) is 4.82. The molecule has 0 aliphatic rings. The van der Waals surface area contributed by atoms with Crippen LogP contribution in [-0.4, -0.2) is 30.1 Å². The lowest BCUT2D eigenvalue weighted by molar-refractivity contribution is -0.142. The summed E-state index contributed by atoms with van der Waals surface area (Å²) in [6, 6.07) is 6.33. The highest BCUT2D eigenvalue weighted by molar-refractivity contribution is 5.94. The number of carboxylic acids is 1. The van der Waals surface area contributed by atoms with Gasteiger partial charge in [0.05, 0.1) is 7.11 Å². The second-order valence-electron chi connectivity index (χ2n) is 4.82. The van der Waals surface area contributed by atoms with Gasteiger partial charge in [-0.1, -0.05) is 32.4 Å². The Labute approximate surface area is 124 Å². The zero-order chi connectivity index (χ0) is 15.8. The number of nitrogens with one attached hydrogen (secondary N) is 1. The first-order valence-corrected chi connectivity index (χ1v) is 6.83. The minimum absolute atomic E-state index is 0.124. The molecular weight excluding hydrogens is 270 g/mol. The summed E-state index contributed by atoms with van der Waals surface area (Å²) >= 11 is 0. The van der Waals surface area contributed by atoms with Gasteiger partial charge in [0.25, 0.3) is 0 Å². The number of hydrogen-bond acceptors (Lipinski definition) is 3. The van der Waals surface area contributed by atoms with Crippen molar-refractivity contribution >= 4 is 18.0 Å². The molecule has 1 rings (SSSR count). The van der Waals surface area contributed by atoms with E-state index >= 15 is 0 Å². The molecule has 1 aromatic carbocycles. The number of carbonyl (C=O) groups excluding carboxylic acids is 1. The van der Waals surface area contributed by atoms with E-state index in [-0.39, 0.29) is 5.92 Å². The third-order valence-electron chi connectivity index (χ3n) is 3.32. The lowest BCUT2D eigenvalue weighted by atomic mass is 9.99. The van der Waals surface area contributed by atoms with E-state index in [4.69, 9.17) is 9.84 Å². The summed E-state index contributed by atoms with van der Waals surface area (Å²) in [5, 5.41) is 11.6. The number of rotatable bonds is 7. The minimum Gasteiger partial charge on any atom is -0.497 e. The summed E-state index contributed by atoms with van der Waals surface area (Å²) in [6.45, 7) is 3.69. The maximum atomic E-state index is 11.8. The first-order chi connectivity index (χ1) is 9.97. The third kappa shape index (κ3) is 5.30.